The Balaban J connectivity index is 3.02. The molecule has 0 aromatic heterocycles. The van der Waals surface area contributed by atoms with E-state index in [0.717, 1.165) is 0 Å². The van der Waals surface area contributed by atoms with Gasteiger partial charge in [-0.05, 0) is 24.6 Å². The fourth-order valence-corrected chi connectivity index (χ4v) is 2.80. The van der Waals surface area contributed by atoms with E-state index >= 15 is 0 Å². The van der Waals surface area contributed by atoms with Crippen LogP contribution in [0, 0.1) is 6.92 Å². The summed E-state index contributed by atoms with van der Waals surface area (Å²) >= 11 is 5.72. The fourth-order valence-electron chi connectivity index (χ4n) is 1.12. The van der Waals surface area contributed by atoms with Crippen molar-refractivity contribution in [3.05, 3.63) is 28.8 Å². The third-order valence-corrected chi connectivity index (χ3v) is 3.83. The summed E-state index contributed by atoms with van der Waals surface area (Å²) in [4.78, 5) is -0.191. The normalized spacial score (nSPS) is 12.8. The van der Waals surface area contributed by atoms with Crippen molar-refractivity contribution in [1.29, 1.82) is 0 Å². The van der Waals surface area contributed by atoms with Gasteiger partial charge in [0.2, 0.25) is 10.0 Å². The van der Waals surface area contributed by atoms with Gasteiger partial charge in [0.1, 0.15) is 4.90 Å². The number of hydrogen-bond acceptors (Lipinski definition) is 2. The van der Waals surface area contributed by atoms with Crippen LogP contribution >= 0.6 is 11.6 Å². The Labute approximate surface area is 104 Å². The maximum atomic E-state index is 12.6. The summed E-state index contributed by atoms with van der Waals surface area (Å²) < 4.78 is 50.4. The second-order valence-electron chi connectivity index (χ2n) is 3.83. The van der Waals surface area contributed by atoms with Crippen LogP contribution in [0.25, 0.3) is 0 Å². The first-order valence-electron chi connectivity index (χ1n) is 4.75. The summed E-state index contributed by atoms with van der Waals surface area (Å²) in [6.07, 6.45) is 0. The molecule has 0 aliphatic heterocycles. The van der Waals surface area contributed by atoms with Gasteiger partial charge in [0.15, 0.2) is 0 Å². The topological polar surface area (TPSA) is 46.2 Å². The van der Waals surface area contributed by atoms with Gasteiger partial charge in [-0.15, -0.1) is 0 Å². The molecule has 0 aliphatic rings. The molecule has 0 bridgehead atoms. The number of rotatable bonds is 4. The lowest BCUT2D eigenvalue weighted by Gasteiger charge is -2.13. The number of nitrogens with one attached hydrogen (secondary N) is 1. The Morgan fingerprint density at radius 2 is 2.00 bits per heavy atom. The van der Waals surface area contributed by atoms with E-state index in [-0.39, 0.29) is 9.92 Å². The van der Waals surface area contributed by atoms with Crippen LogP contribution in [0.15, 0.2) is 23.1 Å². The van der Waals surface area contributed by atoms with Crippen LogP contribution in [0.4, 0.5) is 8.78 Å². The highest BCUT2D eigenvalue weighted by atomic mass is 35.5. The molecule has 0 amide bonds. The molecule has 1 N–H and O–H groups in total. The molecule has 0 spiro atoms. The van der Waals surface area contributed by atoms with E-state index in [9.17, 15) is 17.2 Å². The molecule has 7 heteroatoms. The largest absolute Gasteiger partial charge is 0.258 e. The van der Waals surface area contributed by atoms with E-state index < -0.39 is 22.5 Å². The summed E-state index contributed by atoms with van der Waals surface area (Å²) in [5, 5.41) is 0.00233. The molecule has 0 fully saturated rings. The van der Waals surface area contributed by atoms with Crippen LogP contribution < -0.4 is 4.72 Å². The minimum atomic E-state index is -4.01. The van der Waals surface area contributed by atoms with Crippen molar-refractivity contribution in [3.8, 4) is 0 Å². The molecular weight excluding hydrogens is 272 g/mol. The second kappa shape index (κ2) is 4.88. The zero-order valence-electron chi connectivity index (χ0n) is 9.30. The zero-order chi connectivity index (χ0) is 13.3. The van der Waals surface area contributed by atoms with Crippen LogP contribution in [0.5, 0.6) is 0 Å². The van der Waals surface area contributed by atoms with Crippen LogP contribution in [0.3, 0.4) is 0 Å². The van der Waals surface area contributed by atoms with Crippen LogP contribution in [-0.4, -0.2) is 20.9 Å². The monoisotopic (exact) mass is 283 g/mol. The standard InChI is InChI=1S/C10H12ClF2NO2S/c1-7-3-4-8(11)9(5-7)17(15,16)14-6-10(2,12)13/h3-5,14H,6H2,1-2H3. The van der Waals surface area contributed by atoms with Crippen molar-refractivity contribution in [2.24, 2.45) is 0 Å². The van der Waals surface area contributed by atoms with Crippen molar-refractivity contribution in [1.82, 2.24) is 4.72 Å². The van der Waals surface area contributed by atoms with Gasteiger partial charge < -0.3 is 0 Å². The molecule has 1 aromatic rings. The molecule has 3 nitrogen and oxygen atoms in total. The quantitative estimate of drug-likeness (QED) is 0.923. The molecule has 0 saturated carbocycles. The number of aryl methyl sites for hydroxylation is 1. The average molecular weight is 284 g/mol. The number of alkyl halides is 2. The number of benzene rings is 1. The summed E-state index contributed by atoms with van der Waals surface area (Å²) in [6.45, 7) is 1.36. The van der Waals surface area contributed by atoms with E-state index in [0.29, 0.717) is 12.5 Å². The van der Waals surface area contributed by atoms with Gasteiger partial charge in [-0.25, -0.2) is 21.9 Å². The third kappa shape index (κ3) is 4.22. The number of hydrogen-bond donors (Lipinski definition) is 1. The smallest absolute Gasteiger partial charge is 0.207 e. The van der Waals surface area contributed by atoms with E-state index in [4.69, 9.17) is 11.6 Å². The van der Waals surface area contributed by atoms with E-state index in [1.165, 1.54) is 12.1 Å². The predicted octanol–water partition coefficient (Wildman–Crippen LogP) is 2.58. The lowest BCUT2D eigenvalue weighted by molar-refractivity contribution is 0.0281. The lowest BCUT2D eigenvalue weighted by atomic mass is 10.2. The molecule has 0 heterocycles. The minimum absolute atomic E-state index is 0.00233. The predicted molar refractivity (Wildman–Crippen MR) is 62.0 cm³/mol. The third-order valence-electron chi connectivity index (χ3n) is 1.95. The van der Waals surface area contributed by atoms with Crippen molar-refractivity contribution in [2.75, 3.05) is 6.54 Å². The van der Waals surface area contributed by atoms with Crippen LogP contribution in [-0.2, 0) is 10.0 Å². The summed E-state index contributed by atoms with van der Waals surface area (Å²) in [7, 11) is -4.01. The van der Waals surface area contributed by atoms with Crippen molar-refractivity contribution < 1.29 is 17.2 Å². The summed E-state index contributed by atoms with van der Waals surface area (Å²) in [5.41, 5.74) is 0.679. The van der Waals surface area contributed by atoms with Crippen molar-refractivity contribution >= 4 is 21.6 Å². The molecule has 1 rings (SSSR count). The van der Waals surface area contributed by atoms with Crippen LogP contribution in [0.2, 0.25) is 5.02 Å². The first-order chi connectivity index (χ1) is 7.62. The van der Waals surface area contributed by atoms with Gasteiger partial charge in [-0.1, -0.05) is 17.7 Å². The van der Waals surface area contributed by atoms with Gasteiger partial charge in [0.25, 0.3) is 5.92 Å². The van der Waals surface area contributed by atoms with Gasteiger partial charge in [0.05, 0.1) is 11.6 Å². The van der Waals surface area contributed by atoms with Gasteiger partial charge in [-0.2, -0.15) is 0 Å². The van der Waals surface area contributed by atoms with Crippen molar-refractivity contribution in [2.45, 2.75) is 24.7 Å². The van der Waals surface area contributed by atoms with E-state index in [1.807, 2.05) is 4.72 Å². The average Bonchev–Trinajstić information content (AvgIpc) is 2.18. The molecule has 17 heavy (non-hydrogen) atoms. The minimum Gasteiger partial charge on any atom is -0.207 e. The molecular formula is C10H12ClF2NO2S. The molecule has 0 unspecified atom stereocenters. The van der Waals surface area contributed by atoms with Gasteiger partial charge >= 0.3 is 0 Å². The lowest BCUT2D eigenvalue weighted by Crippen LogP contribution is -2.34. The number of halogens is 3. The SMILES string of the molecule is Cc1ccc(Cl)c(S(=O)(=O)NCC(C)(F)F)c1. The fraction of sp³-hybridized carbons (Fsp3) is 0.400. The molecule has 1 aromatic carbocycles. The van der Waals surface area contributed by atoms with Gasteiger partial charge in [0, 0.05) is 6.92 Å². The molecule has 0 saturated heterocycles. The highest BCUT2D eigenvalue weighted by molar-refractivity contribution is 7.89. The molecule has 0 atom stereocenters. The number of sulfonamides is 1. The Kier molecular flexibility index (Phi) is 4.11. The second-order valence-corrected chi connectivity index (χ2v) is 5.97. The van der Waals surface area contributed by atoms with Crippen molar-refractivity contribution in [3.63, 3.8) is 0 Å². The maximum absolute atomic E-state index is 12.6. The Morgan fingerprint density at radius 3 is 2.53 bits per heavy atom. The first kappa shape index (κ1) is 14.3. The Morgan fingerprint density at radius 1 is 1.41 bits per heavy atom. The molecule has 0 aliphatic carbocycles. The Hall–Kier alpha value is -0.720. The van der Waals surface area contributed by atoms with E-state index in [2.05, 4.69) is 0 Å². The van der Waals surface area contributed by atoms with E-state index in [1.54, 1.807) is 13.0 Å². The maximum Gasteiger partial charge on any atom is 0.258 e. The highest BCUT2D eigenvalue weighted by Gasteiger charge is 2.26. The summed E-state index contributed by atoms with van der Waals surface area (Å²) in [6, 6.07) is 4.38. The van der Waals surface area contributed by atoms with Gasteiger partial charge in [-0.3, -0.25) is 0 Å². The summed E-state index contributed by atoms with van der Waals surface area (Å²) in [5.74, 6) is -3.11. The highest BCUT2D eigenvalue weighted by Crippen LogP contribution is 2.22. The Bertz CT molecular complexity index is 512. The zero-order valence-corrected chi connectivity index (χ0v) is 10.9. The molecule has 96 valence electrons. The first-order valence-corrected chi connectivity index (χ1v) is 6.61. The molecule has 0 radical (unpaired) electrons. The van der Waals surface area contributed by atoms with Crippen LogP contribution in [0.1, 0.15) is 12.5 Å².